The number of ether oxygens (including phenoxy) is 1. The molecule has 0 spiro atoms. The molecule has 2 rings (SSSR count). The van der Waals surface area contributed by atoms with Gasteiger partial charge in [-0.15, -0.1) is 4.40 Å². The molecule has 8 heteroatoms. The second-order valence-electron chi connectivity index (χ2n) is 2.96. The number of nitrogens with zero attached hydrogens (tertiary/aromatic N) is 1. The lowest BCUT2D eigenvalue weighted by Crippen LogP contribution is -2.14. The van der Waals surface area contributed by atoms with E-state index in [-0.39, 0.29) is 22.0 Å². The van der Waals surface area contributed by atoms with E-state index in [4.69, 9.17) is 5.73 Å². The van der Waals surface area contributed by atoms with Crippen molar-refractivity contribution in [2.75, 3.05) is 0 Å². The lowest BCUT2D eigenvalue weighted by atomic mass is 10.2. The van der Waals surface area contributed by atoms with Crippen LogP contribution in [0.15, 0.2) is 27.5 Å². The zero-order chi connectivity index (χ0) is 11.9. The van der Waals surface area contributed by atoms with Gasteiger partial charge in [-0.25, -0.2) is 0 Å². The van der Waals surface area contributed by atoms with Crippen LogP contribution >= 0.6 is 0 Å². The number of rotatable bonds is 2. The van der Waals surface area contributed by atoms with Crippen LogP contribution in [0.25, 0.3) is 0 Å². The fraction of sp³-hybridized carbons (Fsp3) is 0.125. The largest absolute Gasteiger partial charge is 0.434 e. The molecule has 0 aromatic heterocycles. The Labute approximate surface area is 89.6 Å². The predicted molar refractivity (Wildman–Crippen MR) is 51.0 cm³/mol. The third-order valence-corrected chi connectivity index (χ3v) is 3.29. The smallest absolute Gasteiger partial charge is 0.387 e. The Morgan fingerprint density at radius 3 is 2.69 bits per heavy atom. The van der Waals surface area contributed by atoms with Gasteiger partial charge in [-0.3, -0.25) is 0 Å². The van der Waals surface area contributed by atoms with Gasteiger partial charge in [-0.2, -0.15) is 17.2 Å². The normalized spacial score (nSPS) is 17.1. The van der Waals surface area contributed by atoms with Crippen LogP contribution in [0.5, 0.6) is 5.75 Å². The minimum Gasteiger partial charge on any atom is -0.434 e. The van der Waals surface area contributed by atoms with Crippen LogP contribution in [0, 0.1) is 0 Å². The zero-order valence-corrected chi connectivity index (χ0v) is 8.54. The summed E-state index contributed by atoms with van der Waals surface area (Å²) in [6.45, 7) is -3.05. The van der Waals surface area contributed by atoms with E-state index < -0.39 is 16.6 Å². The highest BCUT2D eigenvalue weighted by Gasteiger charge is 2.30. The molecule has 0 saturated carbocycles. The molecule has 2 N–H and O–H groups in total. The molecule has 1 aliphatic heterocycles. The number of nitrogens with two attached hydrogens (primary N) is 1. The molecule has 0 radical (unpaired) electrons. The zero-order valence-electron chi connectivity index (χ0n) is 7.72. The van der Waals surface area contributed by atoms with Gasteiger partial charge >= 0.3 is 6.61 Å². The average molecular weight is 248 g/mol. The van der Waals surface area contributed by atoms with E-state index in [9.17, 15) is 17.2 Å². The van der Waals surface area contributed by atoms with Gasteiger partial charge in [0.15, 0.2) is 0 Å². The Morgan fingerprint density at radius 2 is 2.06 bits per heavy atom. The fourth-order valence-electron chi connectivity index (χ4n) is 1.40. The fourth-order valence-corrected chi connectivity index (χ4v) is 2.56. The van der Waals surface area contributed by atoms with E-state index >= 15 is 0 Å². The highest BCUT2D eigenvalue weighted by molar-refractivity contribution is 7.90. The SMILES string of the molecule is NC1=NS(=O)(=O)c2cccc(OC(F)F)c21. The van der Waals surface area contributed by atoms with Crippen LogP contribution in [-0.2, 0) is 10.0 Å². The Hall–Kier alpha value is -1.70. The predicted octanol–water partition coefficient (Wildman–Crippen LogP) is 0.696. The highest BCUT2D eigenvalue weighted by Crippen LogP contribution is 2.32. The van der Waals surface area contributed by atoms with Crippen molar-refractivity contribution in [2.45, 2.75) is 11.5 Å². The molecule has 0 bridgehead atoms. The van der Waals surface area contributed by atoms with E-state index in [1.165, 1.54) is 18.2 Å². The van der Waals surface area contributed by atoms with Gasteiger partial charge < -0.3 is 10.5 Å². The highest BCUT2D eigenvalue weighted by atomic mass is 32.2. The van der Waals surface area contributed by atoms with Crippen LogP contribution in [0.4, 0.5) is 8.78 Å². The van der Waals surface area contributed by atoms with Crippen molar-refractivity contribution in [3.63, 3.8) is 0 Å². The number of alkyl halides is 2. The van der Waals surface area contributed by atoms with E-state index in [0.29, 0.717) is 0 Å². The van der Waals surface area contributed by atoms with Gasteiger partial charge in [0, 0.05) is 0 Å². The molecule has 1 aliphatic rings. The summed E-state index contributed by atoms with van der Waals surface area (Å²) in [5, 5.41) is 0. The molecule has 0 unspecified atom stereocenters. The Morgan fingerprint density at radius 1 is 1.38 bits per heavy atom. The van der Waals surface area contributed by atoms with Gasteiger partial charge in [0.05, 0.1) is 5.56 Å². The van der Waals surface area contributed by atoms with E-state index in [0.717, 1.165) is 0 Å². The van der Waals surface area contributed by atoms with Crippen LogP contribution in [0.3, 0.4) is 0 Å². The van der Waals surface area contributed by atoms with Crippen LogP contribution in [0.1, 0.15) is 5.56 Å². The topological polar surface area (TPSA) is 81.8 Å². The Kier molecular flexibility index (Phi) is 2.30. The summed E-state index contributed by atoms with van der Waals surface area (Å²) in [4.78, 5) is -0.219. The lowest BCUT2D eigenvalue weighted by molar-refractivity contribution is -0.0501. The molecule has 16 heavy (non-hydrogen) atoms. The summed E-state index contributed by atoms with van der Waals surface area (Å²) in [6.07, 6.45) is 0. The third kappa shape index (κ3) is 1.60. The number of fused-ring (bicyclic) bond motifs is 1. The quantitative estimate of drug-likeness (QED) is 0.835. The summed E-state index contributed by atoms with van der Waals surface area (Å²) in [7, 11) is -3.88. The number of amidine groups is 1. The van der Waals surface area contributed by atoms with Crippen molar-refractivity contribution in [1.82, 2.24) is 0 Å². The lowest BCUT2D eigenvalue weighted by Gasteiger charge is -2.08. The maximum atomic E-state index is 12.1. The van der Waals surface area contributed by atoms with E-state index in [1.54, 1.807) is 0 Å². The van der Waals surface area contributed by atoms with Crippen molar-refractivity contribution in [1.29, 1.82) is 0 Å². The molecule has 0 fully saturated rings. The summed E-state index contributed by atoms with van der Waals surface area (Å²) in [6, 6.07) is 3.71. The second kappa shape index (κ2) is 3.41. The molecule has 1 aromatic carbocycles. The molecule has 1 aromatic rings. The molecule has 86 valence electrons. The van der Waals surface area contributed by atoms with Gasteiger partial charge in [0.2, 0.25) is 0 Å². The molecular formula is C8H6F2N2O3S. The Balaban J connectivity index is 2.63. The molecule has 0 atom stereocenters. The number of benzene rings is 1. The standard InChI is InChI=1S/C8H6F2N2O3S/c9-8(10)15-4-2-1-3-5-6(4)7(11)12-16(5,13)14/h1-3,8H,(H2,11,12). The van der Waals surface area contributed by atoms with Gasteiger partial charge in [0.1, 0.15) is 16.5 Å². The molecule has 0 amide bonds. The summed E-state index contributed by atoms with van der Waals surface area (Å²) >= 11 is 0. The molecule has 0 aliphatic carbocycles. The molecule has 1 heterocycles. The van der Waals surface area contributed by atoms with Gasteiger partial charge in [-0.05, 0) is 12.1 Å². The Bertz CT molecular complexity index is 569. The first-order chi connectivity index (χ1) is 7.42. The molecule has 0 saturated heterocycles. The van der Waals surface area contributed by atoms with Crippen molar-refractivity contribution >= 4 is 15.9 Å². The minimum atomic E-state index is -3.88. The molecular weight excluding hydrogens is 242 g/mol. The summed E-state index contributed by atoms with van der Waals surface area (Å²) in [5.74, 6) is -0.638. The molecule has 5 nitrogen and oxygen atoms in total. The van der Waals surface area contributed by atoms with E-state index in [1.807, 2.05) is 0 Å². The first kappa shape index (κ1) is 10.8. The van der Waals surface area contributed by atoms with Crippen molar-refractivity contribution < 1.29 is 21.9 Å². The van der Waals surface area contributed by atoms with Crippen LogP contribution in [-0.4, -0.2) is 20.9 Å². The maximum Gasteiger partial charge on any atom is 0.387 e. The maximum absolute atomic E-state index is 12.1. The number of halogens is 2. The summed E-state index contributed by atoms with van der Waals surface area (Å²) < 4.78 is 54.3. The second-order valence-corrected chi connectivity index (χ2v) is 4.53. The average Bonchev–Trinajstić information content (AvgIpc) is 2.37. The van der Waals surface area contributed by atoms with Crippen molar-refractivity contribution in [3.05, 3.63) is 23.8 Å². The van der Waals surface area contributed by atoms with Crippen molar-refractivity contribution in [3.8, 4) is 5.75 Å². The van der Waals surface area contributed by atoms with Gasteiger partial charge in [0.25, 0.3) is 10.0 Å². The van der Waals surface area contributed by atoms with Crippen LogP contribution < -0.4 is 10.5 Å². The van der Waals surface area contributed by atoms with Crippen molar-refractivity contribution in [2.24, 2.45) is 10.1 Å². The first-order valence-electron chi connectivity index (χ1n) is 4.10. The van der Waals surface area contributed by atoms with Gasteiger partial charge in [-0.1, -0.05) is 6.07 Å². The first-order valence-corrected chi connectivity index (χ1v) is 5.54. The summed E-state index contributed by atoms with van der Waals surface area (Å²) in [5.41, 5.74) is 5.24. The third-order valence-electron chi connectivity index (χ3n) is 1.96. The number of hydrogen-bond donors (Lipinski definition) is 1. The number of sulfonamides is 1. The van der Waals surface area contributed by atoms with Crippen LogP contribution in [0.2, 0.25) is 0 Å². The monoisotopic (exact) mass is 248 g/mol. The van der Waals surface area contributed by atoms with E-state index in [2.05, 4.69) is 9.13 Å². The number of hydrogen-bond acceptors (Lipinski definition) is 4. The minimum absolute atomic E-state index is 0.109.